The SMILES string of the molecule is O=C(O)CC(CC(=O)Nc1nnc(C2CC2)s1)c1ccc(C(F)(F)F)cc1. The molecule has 0 radical (unpaired) electrons. The third-order valence-corrected chi connectivity index (χ3v) is 5.18. The molecule has 1 fully saturated rings. The Labute approximate surface area is 156 Å². The molecule has 10 heteroatoms. The number of carbonyl (C=O) groups excluding carboxylic acids is 1. The van der Waals surface area contributed by atoms with Crippen LogP contribution >= 0.6 is 11.3 Å². The highest BCUT2D eigenvalue weighted by Gasteiger charge is 2.31. The molecule has 0 bridgehead atoms. The Hall–Kier alpha value is -2.49. The molecule has 1 heterocycles. The fraction of sp³-hybridized carbons (Fsp3) is 0.412. The normalized spacial score (nSPS) is 15.4. The number of nitrogens with one attached hydrogen (secondary N) is 1. The van der Waals surface area contributed by atoms with E-state index in [2.05, 4.69) is 15.5 Å². The topological polar surface area (TPSA) is 92.2 Å². The number of carboxylic acid groups (broad SMARTS) is 1. The smallest absolute Gasteiger partial charge is 0.416 e. The number of amides is 1. The van der Waals surface area contributed by atoms with Crippen molar-refractivity contribution in [3.63, 3.8) is 0 Å². The third kappa shape index (κ3) is 5.25. The molecule has 0 aliphatic heterocycles. The maximum atomic E-state index is 12.7. The summed E-state index contributed by atoms with van der Waals surface area (Å²) >= 11 is 1.28. The number of carbonyl (C=O) groups is 2. The monoisotopic (exact) mass is 399 g/mol. The number of carboxylic acids is 1. The van der Waals surface area contributed by atoms with Gasteiger partial charge in [0.1, 0.15) is 5.01 Å². The minimum Gasteiger partial charge on any atom is -0.481 e. The van der Waals surface area contributed by atoms with Crippen molar-refractivity contribution < 1.29 is 27.9 Å². The lowest BCUT2D eigenvalue weighted by Crippen LogP contribution is -2.18. The summed E-state index contributed by atoms with van der Waals surface area (Å²) in [6, 6.07) is 4.18. The predicted molar refractivity (Wildman–Crippen MR) is 91.6 cm³/mol. The van der Waals surface area contributed by atoms with Crippen molar-refractivity contribution in [1.82, 2.24) is 10.2 Å². The minimum absolute atomic E-state index is 0.185. The first-order valence-corrected chi connectivity index (χ1v) is 9.06. The Balaban J connectivity index is 1.68. The second kappa shape index (κ2) is 7.63. The van der Waals surface area contributed by atoms with Gasteiger partial charge in [0.25, 0.3) is 0 Å². The van der Waals surface area contributed by atoms with E-state index < -0.39 is 29.5 Å². The van der Waals surface area contributed by atoms with E-state index in [1.54, 1.807) is 0 Å². The summed E-state index contributed by atoms with van der Waals surface area (Å²) in [6.45, 7) is 0. The van der Waals surface area contributed by atoms with Crippen molar-refractivity contribution in [2.24, 2.45) is 0 Å². The molecule has 0 spiro atoms. The first-order valence-electron chi connectivity index (χ1n) is 8.24. The van der Waals surface area contributed by atoms with Crippen molar-refractivity contribution >= 4 is 28.3 Å². The molecule has 1 aromatic carbocycles. The summed E-state index contributed by atoms with van der Waals surface area (Å²) in [5.41, 5.74) is -0.470. The van der Waals surface area contributed by atoms with Gasteiger partial charge in [-0.2, -0.15) is 13.2 Å². The Bertz CT molecular complexity index is 832. The van der Waals surface area contributed by atoms with Crippen LogP contribution in [0.25, 0.3) is 0 Å². The van der Waals surface area contributed by atoms with E-state index in [-0.39, 0.29) is 12.8 Å². The van der Waals surface area contributed by atoms with E-state index in [4.69, 9.17) is 5.11 Å². The molecule has 1 unspecified atom stereocenters. The molecule has 0 saturated heterocycles. The number of halogens is 3. The number of aromatic nitrogens is 2. The van der Waals surface area contributed by atoms with Crippen LogP contribution in [-0.2, 0) is 15.8 Å². The van der Waals surface area contributed by atoms with Crippen LogP contribution in [0.15, 0.2) is 24.3 Å². The highest BCUT2D eigenvalue weighted by Crippen LogP contribution is 2.42. The van der Waals surface area contributed by atoms with E-state index >= 15 is 0 Å². The van der Waals surface area contributed by atoms with E-state index in [9.17, 15) is 22.8 Å². The van der Waals surface area contributed by atoms with Crippen molar-refractivity contribution in [2.75, 3.05) is 5.32 Å². The summed E-state index contributed by atoms with van der Waals surface area (Å²) in [4.78, 5) is 23.4. The summed E-state index contributed by atoms with van der Waals surface area (Å²) in [5, 5.41) is 20.7. The van der Waals surface area contributed by atoms with Gasteiger partial charge in [-0.3, -0.25) is 9.59 Å². The second-order valence-electron chi connectivity index (χ2n) is 6.39. The molecule has 2 N–H and O–H groups in total. The average Bonchev–Trinajstić information content (AvgIpc) is 3.33. The van der Waals surface area contributed by atoms with Crippen LogP contribution in [0, 0.1) is 0 Å². The molecular weight excluding hydrogens is 383 g/mol. The maximum Gasteiger partial charge on any atom is 0.416 e. The Kier molecular flexibility index (Phi) is 5.45. The van der Waals surface area contributed by atoms with Gasteiger partial charge in [0.15, 0.2) is 0 Å². The molecule has 6 nitrogen and oxygen atoms in total. The van der Waals surface area contributed by atoms with E-state index in [1.807, 2.05) is 0 Å². The van der Waals surface area contributed by atoms with Gasteiger partial charge in [0.05, 0.1) is 12.0 Å². The largest absolute Gasteiger partial charge is 0.481 e. The molecule has 144 valence electrons. The van der Waals surface area contributed by atoms with Gasteiger partial charge in [0.2, 0.25) is 11.0 Å². The van der Waals surface area contributed by atoms with Crippen LogP contribution in [0.5, 0.6) is 0 Å². The fourth-order valence-corrected chi connectivity index (χ4v) is 3.57. The summed E-state index contributed by atoms with van der Waals surface area (Å²) < 4.78 is 38.0. The third-order valence-electron chi connectivity index (χ3n) is 4.18. The highest BCUT2D eigenvalue weighted by atomic mass is 32.1. The zero-order chi connectivity index (χ0) is 19.6. The van der Waals surface area contributed by atoms with Crippen LogP contribution < -0.4 is 5.32 Å². The van der Waals surface area contributed by atoms with Gasteiger partial charge in [-0.05, 0) is 30.5 Å². The van der Waals surface area contributed by atoms with Gasteiger partial charge >= 0.3 is 12.1 Å². The standard InChI is InChI=1S/C17H16F3N3O3S/c18-17(19,20)12-5-3-9(4-6-12)11(8-14(25)26)7-13(24)21-16-23-22-15(27-16)10-1-2-10/h3-6,10-11H,1-2,7-8H2,(H,25,26)(H,21,23,24). The van der Waals surface area contributed by atoms with Crippen LogP contribution in [0.4, 0.5) is 18.3 Å². The molecule has 2 aromatic rings. The van der Waals surface area contributed by atoms with Crippen molar-refractivity contribution in [2.45, 2.75) is 43.7 Å². The quantitative estimate of drug-likeness (QED) is 0.734. The number of hydrogen-bond donors (Lipinski definition) is 2. The number of nitrogens with zero attached hydrogens (tertiary/aromatic N) is 2. The first-order chi connectivity index (χ1) is 12.7. The average molecular weight is 399 g/mol. The number of aliphatic carboxylic acids is 1. The second-order valence-corrected chi connectivity index (χ2v) is 7.40. The molecule has 3 rings (SSSR count). The molecule has 1 atom stereocenters. The maximum absolute atomic E-state index is 12.7. The molecule has 1 aliphatic carbocycles. The number of alkyl halides is 3. The Morgan fingerprint density at radius 2 is 1.85 bits per heavy atom. The zero-order valence-electron chi connectivity index (χ0n) is 14.0. The summed E-state index contributed by atoms with van der Waals surface area (Å²) in [7, 11) is 0. The lowest BCUT2D eigenvalue weighted by Gasteiger charge is -2.16. The minimum atomic E-state index is -4.48. The highest BCUT2D eigenvalue weighted by molar-refractivity contribution is 7.15. The van der Waals surface area contributed by atoms with Crippen LogP contribution in [0.2, 0.25) is 0 Å². The van der Waals surface area contributed by atoms with Gasteiger partial charge < -0.3 is 10.4 Å². The number of anilines is 1. The first kappa shape index (κ1) is 19.3. The predicted octanol–water partition coefficient (Wildman–Crippen LogP) is 4.02. The Morgan fingerprint density at radius 1 is 1.19 bits per heavy atom. The molecule has 1 aliphatic rings. The summed E-state index contributed by atoms with van der Waals surface area (Å²) in [5.74, 6) is -1.94. The van der Waals surface area contributed by atoms with Gasteiger partial charge in [-0.25, -0.2) is 0 Å². The van der Waals surface area contributed by atoms with Gasteiger partial charge in [-0.1, -0.05) is 23.5 Å². The number of hydrogen-bond acceptors (Lipinski definition) is 5. The molecule has 1 aromatic heterocycles. The van der Waals surface area contributed by atoms with Crippen LogP contribution in [0.3, 0.4) is 0 Å². The Morgan fingerprint density at radius 3 is 2.41 bits per heavy atom. The number of rotatable bonds is 7. The molecule has 1 amide bonds. The lowest BCUT2D eigenvalue weighted by molar-refractivity contribution is -0.138. The van der Waals surface area contributed by atoms with Crippen molar-refractivity contribution in [3.05, 3.63) is 40.4 Å². The summed E-state index contributed by atoms with van der Waals surface area (Å²) in [6.07, 6.45) is -2.93. The zero-order valence-corrected chi connectivity index (χ0v) is 14.8. The van der Waals surface area contributed by atoms with E-state index in [0.717, 1.165) is 30.0 Å². The fourth-order valence-electron chi connectivity index (χ4n) is 2.64. The molecule has 27 heavy (non-hydrogen) atoms. The van der Waals surface area contributed by atoms with Crippen molar-refractivity contribution in [3.8, 4) is 0 Å². The van der Waals surface area contributed by atoms with Gasteiger partial charge in [-0.15, -0.1) is 10.2 Å². The lowest BCUT2D eigenvalue weighted by atomic mass is 9.91. The van der Waals surface area contributed by atoms with Crippen LogP contribution in [0.1, 0.15) is 53.7 Å². The van der Waals surface area contributed by atoms with Crippen molar-refractivity contribution in [1.29, 1.82) is 0 Å². The molecular formula is C17H16F3N3O3S. The van der Waals surface area contributed by atoms with E-state index in [0.29, 0.717) is 16.6 Å². The number of benzene rings is 1. The molecule has 1 saturated carbocycles. The van der Waals surface area contributed by atoms with E-state index in [1.165, 1.54) is 23.5 Å². The van der Waals surface area contributed by atoms with Gasteiger partial charge in [0, 0.05) is 18.3 Å². The van der Waals surface area contributed by atoms with Crippen LogP contribution in [-0.4, -0.2) is 27.2 Å².